The molecule has 0 heterocycles. The summed E-state index contributed by atoms with van der Waals surface area (Å²) in [7, 11) is 0. The third kappa shape index (κ3) is 5.18. The van der Waals surface area contributed by atoms with Crippen molar-refractivity contribution in [1.82, 2.24) is 5.32 Å². The molecular weight excluding hydrogens is 300 g/mol. The van der Waals surface area contributed by atoms with E-state index in [1.807, 2.05) is 41.5 Å². The third-order valence-electron chi connectivity index (χ3n) is 4.08. The molecule has 1 rings (SSSR count). The molecule has 0 saturated carbocycles. The average Bonchev–Trinajstić information content (AvgIpc) is 2.36. The number of halogens is 1. The van der Waals surface area contributed by atoms with Gasteiger partial charge in [-0.1, -0.05) is 31.5 Å². The van der Waals surface area contributed by atoms with Crippen molar-refractivity contribution >= 4 is 18.3 Å². The van der Waals surface area contributed by atoms with Gasteiger partial charge in [0.15, 0.2) is 6.61 Å². The Balaban J connectivity index is 0.00000441. The zero-order valence-corrected chi connectivity index (χ0v) is 15.3. The van der Waals surface area contributed by atoms with Crippen LogP contribution in [0, 0.1) is 26.7 Å². The molecule has 4 nitrogen and oxygen atoms in total. The first-order chi connectivity index (χ1) is 9.69. The summed E-state index contributed by atoms with van der Waals surface area (Å²) in [5, 5.41) is 2.97. The topological polar surface area (TPSA) is 64.3 Å². The lowest BCUT2D eigenvalue weighted by Crippen LogP contribution is -2.56. The summed E-state index contributed by atoms with van der Waals surface area (Å²) in [5.74, 6) is 0.903. The minimum Gasteiger partial charge on any atom is -0.483 e. The van der Waals surface area contributed by atoms with E-state index in [0.717, 1.165) is 16.9 Å². The highest BCUT2D eigenvalue weighted by molar-refractivity contribution is 5.85. The molecule has 1 aromatic rings. The molecule has 1 amide bonds. The van der Waals surface area contributed by atoms with Crippen molar-refractivity contribution in [2.45, 2.75) is 47.1 Å². The summed E-state index contributed by atoms with van der Waals surface area (Å²) in [6, 6.07) is 4.11. The zero-order valence-electron chi connectivity index (χ0n) is 14.4. The second-order valence-electron chi connectivity index (χ2n) is 6.34. The Labute approximate surface area is 140 Å². The molecule has 0 fully saturated rings. The Morgan fingerprint density at radius 1 is 1.27 bits per heavy atom. The number of hydrogen-bond donors (Lipinski definition) is 2. The predicted molar refractivity (Wildman–Crippen MR) is 93.8 cm³/mol. The highest BCUT2D eigenvalue weighted by Crippen LogP contribution is 2.24. The van der Waals surface area contributed by atoms with Crippen molar-refractivity contribution in [3.63, 3.8) is 0 Å². The number of carbonyl (C=O) groups excluding carboxylic acids is 1. The maximum atomic E-state index is 12.1. The van der Waals surface area contributed by atoms with Gasteiger partial charge in [0.2, 0.25) is 0 Å². The Kier molecular flexibility index (Phi) is 7.91. The second-order valence-corrected chi connectivity index (χ2v) is 6.34. The van der Waals surface area contributed by atoms with E-state index in [4.69, 9.17) is 10.5 Å². The van der Waals surface area contributed by atoms with Crippen LogP contribution in [0.3, 0.4) is 0 Å². The molecule has 0 saturated heterocycles. The van der Waals surface area contributed by atoms with Crippen LogP contribution in [0.2, 0.25) is 0 Å². The predicted octanol–water partition coefficient (Wildman–Crippen LogP) is 2.90. The first-order valence-corrected chi connectivity index (χ1v) is 7.41. The van der Waals surface area contributed by atoms with E-state index < -0.39 is 5.54 Å². The van der Waals surface area contributed by atoms with Gasteiger partial charge >= 0.3 is 0 Å². The van der Waals surface area contributed by atoms with E-state index >= 15 is 0 Å². The van der Waals surface area contributed by atoms with E-state index in [9.17, 15) is 4.79 Å². The second kappa shape index (κ2) is 8.39. The monoisotopic (exact) mass is 328 g/mol. The normalized spacial score (nSPS) is 13.3. The van der Waals surface area contributed by atoms with Crippen LogP contribution >= 0.6 is 12.4 Å². The fourth-order valence-corrected chi connectivity index (χ4v) is 2.32. The standard InChI is InChI=1S/C17H28N2O2.ClH/c1-11(2)17(6,10-18)19-15(20)9-21-16-13(4)7-12(3)8-14(16)5;/h7-8,11H,9-10,18H2,1-6H3,(H,19,20);1H. The molecule has 1 unspecified atom stereocenters. The van der Waals surface area contributed by atoms with Crippen LogP contribution in [0.5, 0.6) is 5.75 Å². The van der Waals surface area contributed by atoms with Crippen LogP contribution in [-0.4, -0.2) is 24.6 Å². The summed E-state index contributed by atoms with van der Waals surface area (Å²) in [4.78, 5) is 12.1. The number of rotatable bonds is 6. The summed E-state index contributed by atoms with van der Waals surface area (Å²) in [5.41, 5.74) is 8.65. The summed E-state index contributed by atoms with van der Waals surface area (Å²) in [6.07, 6.45) is 0. The first-order valence-electron chi connectivity index (χ1n) is 7.41. The first kappa shape index (κ1) is 20.7. The SMILES string of the molecule is Cc1cc(C)c(OCC(=O)NC(C)(CN)C(C)C)c(C)c1.Cl. The summed E-state index contributed by atoms with van der Waals surface area (Å²) >= 11 is 0. The van der Waals surface area contributed by atoms with Gasteiger partial charge in [0.1, 0.15) is 5.75 Å². The van der Waals surface area contributed by atoms with Gasteiger partial charge < -0.3 is 15.8 Å². The van der Waals surface area contributed by atoms with Gasteiger partial charge in [0.25, 0.3) is 5.91 Å². The van der Waals surface area contributed by atoms with Gasteiger partial charge in [-0.05, 0) is 44.7 Å². The Bertz CT molecular complexity index is 494. The van der Waals surface area contributed by atoms with Gasteiger partial charge in [-0.25, -0.2) is 0 Å². The van der Waals surface area contributed by atoms with Crippen molar-refractivity contribution in [3.05, 3.63) is 28.8 Å². The van der Waals surface area contributed by atoms with Gasteiger partial charge in [-0.3, -0.25) is 4.79 Å². The molecule has 0 aliphatic carbocycles. The number of aryl methyl sites for hydroxylation is 3. The average molecular weight is 329 g/mol. The quantitative estimate of drug-likeness (QED) is 0.844. The molecule has 0 bridgehead atoms. The molecule has 5 heteroatoms. The number of ether oxygens (including phenoxy) is 1. The number of amides is 1. The van der Waals surface area contributed by atoms with Crippen molar-refractivity contribution < 1.29 is 9.53 Å². The van der Waals surface area contributed by atoms with Crippen molar-refractivity contribution in [2.24, 2.45) is 11.7 Å². The number of benzene rings is 1. The van der Waals surface area contributed by atoms with Crippen molar-refractivity contribution in [1.29, 1.82) is 0 Å². The molecule has 3 N–H and O–H groups in total. The molecule has 1 aromatic carbocycles. The minimum atomic E-state index is -0.405. The molecular formula is C17H29ClN2O2. The zero-order chi connectivity index (χ0) is 16.2. The van der Waals surface area contributed by atoms with E-state index in [0.29, 0.717) is 6.54 Å². The Morgan fingerprint density at radius 2 is 1.77 bits per heavy atom. The van der Waals surface area contributed by atoms with Crippen LogP contribution in [0.4, 0.5) is 0 Å². The lowest BCUT2D eigenvalue weighted by molar-refractivity contribution is -0.125. The molecule has 1 atom stereocenters. The lowest BCUT2D eigenvalue weighted by Gasteiger charge is -2.33. The minimum absolute atomic E-state index is 0. The van der Waals surface area contributed by atoms with E-state index in [-0.39, 0.29) is 30.8 Å². The molecule has 0 aromatic heterocycles. The van der Waals surface area contributed by atoms with Crippen molar-refractivity contribution in [2.75, 3.05) is 13.2 Å². The van der Waals surface area contributed by atoms with Gasteiger partial charge in [-0.2, -0.15) is 0 Å². The highest BCUT2D eigenvalue weighted by atomic mass is 35.5. The van der Waals surface area contributed by atoms with Crippen LogP contribution in [0.15, 0.2) is 12.1 Å². The molecule has 0 spiro atoms. The number of hydrogen-bond acceptors (Lipinski definition) is 3. The number of carbonyl (C=O) groups is 1. The fourth-order valence-electron chi connectivity index (χ4n) is 2.32. The molecule has 0 aliphatic heterocycles. The lowest BCUT2D eigenvalue weighted by atomic mass is 9.88. The van der Waals surface area contributed by atoms with Crippen LogP contribution in [0.1, 0.15) is 37.5 Å². The fraction of sp³-hybridized carbons (Fsp3) is 0.588. The number of nitrogens with one attached hydrogen (secondary N) is 1. The van der Waals surface area contributed by atoms with Crippen LogP contribution in [-0.2, 0) is 4.79 Å². The molecule has 22 heavy (non-hydrogen) atoms. The van der Waals surface area contributed by atoms with E-state index in [1.54, 1.807) is 0 Å². The Morgan fingerprint density at radius 3 is 2.18 bits per heavy atom. The number of nitrogens with two attached hydrogens (primary N) is 1. The largest absolute Gasteiger partial charge is 0.483 e. The van der Waals surface area contributed by atoms with E-state index in [2.05, 4.69) is 17.4 Å². The summed E-state index contributed by atoms with van der Waals surface area (Å²) in [6.45, 7) is 12.5. The third-order valence-corrected chi connectivity index (χ3v) is 4.08. The van der Waals surface area contributed by atoms with E-state index in [1.165, 1.54) is 5.56 Å². The molecule has 0 radical (unpaired) electrons. The van der Waals surface area contributed by atoms with Gasteiger partial charge in [-0.15, -0.1) is 12.4 Å². The highest BCUT2D eigenvalue weighted by Gasteiger charge is 2.28. The van der Waals surface area contributed by atoms with Gasteiger partial charge in [0.05, 0.1) is 5.54 Å². The Hall–Kier alpha value is -1.26. The summed E-state index contributed by atoms with van der Waals surface area (Å²) < 4.78 is 5.70. The maximum absolute atomic E-state index is 12.1. The van der Waals surface area contributed by atoms with Crippen molar-refractivity contribution in [3.8, 4) is 5.75 Å². The smallest absolute Gasteiger partial charge is 0.258 e. The van der Waals surface area contributed by atoms with Crippen LogP contribution < -0.4 is 15.8 Å². The van der Waals surface area contributed by atoms with Crippen LogP contribution in [0.25, 0.3) is 0 Å². The maximum Gasteiger partial charge on any atom is 0.258 e. The van der Waals surface area contributed by atoms with Gasteiger partial charge in [0, 0.05) is 6.54 Å². The molecule has 126 valence electrons. The molecule has 0 aliphatic rings.